The van der Waals surface area contributed by atoms with Crippen LogP contribution in [0.3, 0.4) is 0 Å². The van der Waals surface area contributed by atoms with Crippen molar-refractivity contribution in [1.82, 2.24) is 9.97 Å². The summed E-state index contributed by atoms with van der Waals surface area (Å²) in [6.45, 7) is 5.61. The number of ether oxygens (including phenoxy) is 1. The highest BCUT2D eigenvalue weighted by Crippen LogP contribution is 2.44. The van der Waals surface area contributed by atoms with Crippen molar-refractivity contribution < 1.29 is 4.74 Å². The highest BCUT2D eigenvalue weighted by Gasteiger charge is 2.44. The summed E-state index contributed by atoms with van der Waals surface area (Å²) in [5.41, 5.74) is 1.77. The topological polar surface area (TPSA) is 65.3 Å². The third-order valence-electron chi connectivity index (χ3n) is 6.46. The summed E-state index contributed by atoms with van der Waals surface area (Å²) in [5, 5.41) is 10.7. The number of rotatable bonds is 3. The first-order chi connectivity index (χ1) is 14.4. The van der Waals surface area contributed by atoms with Crippen molar-refractivity contribution >= 4 is 34.8 Å². The number of anilines is 2. The van der Waals surface area contributed by atoms with E-state index in [0.717, 1.165) is 39.1 Å². The van der Waals surface area contributed by atoms with Crippen molar-refractivity contribution in [2.24, 2.45) is 11.3 Å². The summed E-state index contributed by atoms with van der Waals surface area (Å²) >= 11 is 12.7. The number of aromatic nitrogens is 2. The second-order valence-electron chi connectivity index (χ2n) is 8.44. The van der Waals surface area contributed by atoms with Crippen molar-refractivity contribution in [2.75, 3.05) is 50.2 Å². The predicted molar refractivity (Wildman–Crippen MR) is 120 cm³/mol. The molecule has 2 aliphatic rings. The average Bonchev–Trinajstić information content (AvgIpc) is 3.09. The molecule has 0 aliphatic carbocycles. The lowest BCUT2D eigenvalue weighted by molar-refractivity contribution is 0.127. The standard InChI is InChI=1S/C22H25Cl2N5O/c1-14-12-30-13-22(14)7-9-29(10-8-22)20-17(11-25)26-19(21(27-20)28(2)3)15-5-4-6-16(23)18(15)24/h4-6,14H,7-10,12-13H2,1-3H3/t14-/m1/s1. The van der Waals surface area contributed by atoms with E-state index in [1.807, 2.05) is 31.1 Å². The minimum Gasteiger partial charge on any atom is -0.381 e. The first kappa shape index (κ1) is 21.2. The number of nitriles is 1. The lowest BCUT2D eigenvalue weighted by atomic mass is 9.72. The molecule has 1 spiro atoms. The van der Waals surface area contributed by atoms with Crippen LogP contribution < -0.4 is 9.80 Å². The van der Waals surface area contributed by atoms with Gasteiger partial charge >= 0.3 is 0 Å². The van der Waals surface area contributed by atoms with E-state index in [2.05, 4.69) is 22.9 Å². The molecule has 0 radical (unpaired) electrons. The molecule has 6 nitrogen and oxygen atoms in total. The molecule has 2 fully saturated rings. The summed E-state index contributed by atoms with van der Waals surface area (Å²) in [6, 6.07) is 7.63. The van der Waals surface area contributed by atoms with Crippen LogP contribution in [-0.4, -0.2) is 50.4 Å². The molecule has 0 N–H and O–H groups in total. The minimum absolute atomic E-state index is 0.245. The fourth-order valence-corrected chi connectivity index (χ4v) is 4.84. The maximum atomic E-state index is 9.85. The van der Waals surface area contributed by atoms with Gasteiger partial charge in [-0.15, -0.1) is 0 Å². The first-order valence-electron chi connectivity index (χ1n) is 10.1. The van der Waals surface area contributed by atoms with Gasteiger partial charge in [-0.25, -0.2) is 9.97 Å². The molecule has 8 heteroatoms. The van der Waals surface area contributed by atoms with Gasteiger partial charge in [-0.3, -0.25) is 0 Å². The normalized spacial score (nSPS) is 20.4. The van der Waals surface area contributed by atoms with Crippen LogP contribution in [0.15, 0.2) is 18.2 Å². The lowest BCUT2D eigenvalue weighted by Crippen LogP contribution is -2.44. The maximum Gasteiger partial charge on any atom is 0.183 e. The Morgan fingerprint density at radius 2 is 1.97 bits per heavy atom. The fraction of sp³-hybridized carbons (Fsp3) is 0.500. The summed E-state index contributed by atoms with van der Waals surface area (Å²) in [4.78, 5) is 13.6. The van der Waals surface area contributed by atoms with Crippen LogP contribution in [0.5, 0.6) is 0 Å². The Kier molecular flexibility index (Phi) is 5.80. The van der Waals surface area contributed by atoms with Gasteiger partial charge < -0.3 is 14.5 Å². The van der Waals surface area contributed by atoms with Gasteiger partial charge in [-0.2, -0.15) is 5.26 Å². The van der Waals surface area contributed by atoms with Crippen LogP contribution in [0.2, 0.25) is 10.0 Å². The molecule has 4 rings (SSSR count). The van der Waals surface area contributed by atoms with Gasteiger partial charge in [-0.1, -0.05) is 42.3 Å². The first-order valence-corrected chi connectivity index (χ1v) is 10.9. The molecule has 1 aromatic heterocycles. The molecule has 30 heavy (non-hydrogen) atoms. The van der Waals surface area contributed by atoms with E-state index < -0.39 is 0 Å². The molecule has 1 aromatic carbocycles. The molecule has 1 atom stereocenters. The number of nitrogens with zero attached hydrogens (tertiary/aromatic N) is 5. The van der Waals surface area contributed by atoms with Gasteiger partial charge in [-0.05, 0) is 24.8 Å². The summed E-state index contributed by atoms with van der Waals surface area (Å²) in [6.07, 6.45) is 2.06. The second-order valence-corrected chi connectivity index (χ2v) is 9.23. The summed E-state index contributed by atoms with van der Waals surface area (Å²) in [7, 11) is 3.81. The minimum atomic E-state index is 0.245. The van der Waals surface area contributed by atoms with Crippen LogP contribution in [0, 0.1) is 22.7 Å². The SMILES string of the molecule is C[C@@H]1COCC12CCN(c1nc(N(C)C)c(-c3cccc(Cl)c3Cl)nc1C#N)CC2. The van der Waals surface area contributed by atoms with Crippen molar-refractivity contribution in [2.45, 2.75) is 19.8 Å². The molecule has 3 heterocycles. The van der Waals surface area contributed by atoms with Crippen molar-refractivity contribution in [3.8, 4) is 17.3 Å². The fourth-order valence-electron chi connectivity index (χ4n) is 4.45. The van der Waals surface area contributed by atoms with E-state index in [9.17, 15) is 5.26 Å². The van der Waals surface area contributed by atoms with E-state index in [-0.39, 0.29) is 5.41 Å². The molecule has 0 amide bonds. The number of hydrogen-bond donors (Lipinski definition) is 0. The van der Waals surface area contributed by atoms with Crippen LogP contribution in [0.1, 0.15) is 25.5 Å². The van der Waals surface area contributed by atoms with Gasteiger partial charge in [0.05, 0.1) is 16.7 Å². The van der Waals surface area contributed by atoms with Crippen molar-refractivity contribution in [3.63, 3.8) is 0 Å². The van der Waals surface area contributed by atoms with E-state index in [1.54, 1.807) is 6.07 Å². The second kappa shape index (κ2) is 8.22. The Balaban J connectivity index is 1.73. The lowest BCUT2D eigenvalue weighted by Gasteiger charge is -2.41. The highest BCUT2D eigenvalue weighted by atomic mass is 35.5. The van der Waals surface area contributed by atoms with Crippen molar-refractivity contribution in [1.29, 1.82) is 5.26 Å². The molecule has 158 valence electrons. The van der Waals surface area contributed by atoms with E-state index in [0.29, 0.717) is 44.6 Å². The monoisotopic (exact) mass is 445 g/mol. The number of hydrogen-bond acceptors (Lipinski definition) is 6. The molecule has 2 saturated heterocycles. The Hall–Kier alpha value is -2.07. The molecular formula is C22H25Cl2N5O. The third kappa shape index (κ3) is 3.60. The van der Waals surface area contributed by atoms with Gasteiger partial charge in [0.1, 0.15) is 11.8 Å². The van der Waals surface area contributed by atoms with Gasteiger partial charge in [0.2, 0.25) is 0 Å². The van der Waals surface area contributed by atoms with Crippen LogP contribution in [0.25, 0.3) is 11.3 Å². The summed E-state index contributed by atoms with van der Waals surface area (Å²) < 4.78 is 5.74. The Morgan fingerprint density at radius 1 is 1.23 bits per heavy atom. The zero-order valence-electron chi connectivity index (χ0n) is 17.5. The van der Waals surface area contributed by atoms with Gasteiger partial charge in [0, 0.05) is 44.8 Å². The quantitative estimate of drug-likeness (QED) is 0.685. The van der Waals surface area contributed by atoms with Crippen LogP contribution in [0.4, 0.5) is 11.6 Å². The Labute approximate surface area is 187 Å². The third-order valence-corrected chi connectivity index (χ3v) is 7.28. The molecular weight excluding hydrogens is 421 g/mol. The van der Waals surface area contributed by atoms with E-state index >= 15 is 0 Å². The maximum absolute atomic E-state index is 9.85. The van der Waals surface area contributed by atoms with Crippen LogP contribution >= 0.6 is 23.2 Å². The zero-order valence-corrected chi connectivity index (χ0v) is 19.0. The summed E-state index contributed by atoms with van der Waals surface area (Å²) in [5.74, 6) is 1.85. The van der Waals surface area contributed by atoms with E-state index in [1.165, 1.54) is 0 Å². The van der Waals surface area contributed by atoms with E-state index in [4.69, 9.17) is 32.9 Å². The number of halogens is 2. The zero-order chi connectivity index (χ0) is 21.5. The van der Waals surface area contributed by atoms with Crippen LogP contribution in [-0.2, 0) is 4.74 Å². The molecule has 0 saturated carbocycles. The Bertz CT molecular complexity index is 996. The van der Waals surface area contributed by atoms with Crippen molar-refractivity contribution in [3.05, 3.63) is 33.9 Å². The molecule has 2 aliphatic heterocycles. The molecule has 0 unspecified atom stereocenters. The highest BCUT2D eigenvalue weighted by molar-refractivity contribution is 6.43. The largest absolute Gasteiger partial charge is 0.381 e. The number of piperidine rings is 1. The number of benzene rings is 1. The smallest absolute Gasteiger partial charge is 0.183 e. The Morgan fingerprint density at radius 3 is 2.57 bits per heavy atom. The molecule has 2 aromatic rings. The van der Waals surface area contributed by atoms with Gasteiger partial charge in [0.25, 0.3) is 0 Å². The molecule has 0 bridgehead atoms. The predicted octanol–water partition coefficient (Wildman–Crippen LogP) is 4.64. The average molecular weight is 446 g/mol. The van der Waals surface area contributed by atoms with Gasteiger partial charge in [0.15, 0.2) is 17.3 Å².